The summed E-state index contributed by atoms with van der Waals surface area (Å²) in [5.74, 6) is -0.738. The highest BCUT2D eigenvalue weighted by atomic mass is 32.2. The molecule has 0 spiro atoms. The van der Waals surface area contributed by atoms with E-state index in [0.29, 0.717) is 15.9 Å². The van der Waals surface area contributed by atoms with Crippen molar-refractivity contribution < 1.29 is 22.7 Å². The van der Waals surface area contributed by atoms with Crippen LogP contribution in [0.25, 0.3) is 10.2 Å². The van der Waals surface area contributed by atoms with Gasteiger partial charge in [0.15, 0.2) is 14.6 Å². The number of carbonyl (C=O) groups excluding carboxylic acids is 2. The molecule has 152 valence electrons. The Labute approximate surface area is 172 Å². The number of ether oxygens (including phenoxy) is 1. The monoisotopic (exact) mass is 432 g/mol. The number of thiazole rings is 1. The van der Waals surface area contributed by atoms with Gasteiger partial charge in [0.1, 0.15) is 0 Å². The van der Waals surface area contributed by atoms with Crippen molar-refractivity contribution in [1.82, 2.24) is 4.57 Å². The second-order valence-corrected chi connectivity index (χ2v) is 9.63. The smallest absolute Gasteiger partial charge is 0.337 e. The molecular weight excluding hydrogens is 412 g/mol. The first-order valence-electron chi connectivity index (χ1n) is 8.82. The van der Waals surface area contributed by atoms with Crippen LogP contribution in [0.5, 0.6) is 0 Å². The van der Waals surface area contributed by atoms with Crippen LogP contribution in [0.3, 0.4) is 0 Å². The minimum absolute atomic E-state index is 0.0285. The summed E-state index contributed by atoms with van der Waals surface area (Å²) in [5.41, 5.74) is 1.97. The van der Waals surface area contributed by atoms with Crippen LogP contribution < -0.4 is 4.80 Å². The van der Waals surface area contributed by atoms with Crippen molar-refractivity contribution in [3.8, 4) is 0 Å². The van der Waals surface area contributed by atoms with Gasteiger partial charge in [-0.05, 0) is 35.9 Å². The molecule has 0 aliphatic rings. The summed E-state index contributed by atoms with van der Waals surface area (Å²) in [6.07, 6.45) is 0.0636. The van der Waals surface area contributed by atoms with Crippen molar-refractivity contribution in [2.75, 3.05) is 12.9 Å². The van der Waals surface area contributed by atoms with Gasteiger partial charge in [0.25, 0.3) is 5.91 Å². The van der Waals surface area contributed by atoms with Crippen molar-refractivity contribution in [3.05, 3.63) is 58.4 Å². The van der Waals surface area contributed by atoms with Gasteiger partial charge >= 0.3 is 5.97 Å². The van der Waals surface area contributed by atoms with Crippen LogP contribution in [0.1, 0.15) is 22.8 Å². The standard InChI is InChI=1S/C20H20N2O5S2/c1-4-29(25,26)15-8-5-13(6-9-15)11-18(23)21-20-22(2)16-10-7-14(19(24)27-3)12-17(16)28-20/h5-10,12H,4,11H2,1-3H3. The maximum Gasteiger partial charge on any atom is 0.337 e. The number of amides is 1. The number of hydrogen-bond acceptors (Lipinski definition) is 6. The molecule has 3 aromatic rings. The van der Waals surface area contributed by atoms with Crippen LogP contribution >= 0.6 is 11.3 Å². The summed E-state index contributed by atoms with van der Waals surface area (Å²) < 4.78 is 31.1. The van der Waals surface area contributed by atoms with Gasteiger partial charge in [0.2, 0.25) is 0 Å². The first-order valence-corrected chi connectivity index (χ1v) is 11.3. The normalized spacial score (nSPS) is 12.3. The minimum Gasteiger partial charge on any atom is -0.465 e. The fraction of sp³-hybridized carbons (Fsp3) is 0.250. The maximum absolute atomic E-state index is 12.4. The van der Waals surface area contributed by atoms with Crippen LogP contribution in [0.2, 0.25) is 0 Å². The van der Waals surface area contributed by atoms with E-state index in [1.54, 1.807) is 48.9 Å². The summed E-state index contributed by atoms with van der Waals surface area (Å²) in [7, 11) is -0.144. The van der Waals surface area contributed by atoms with E-state index in [2.05, 4.69) is 4.99 Å². The van der Waals surface area contributed by atoms with E-state index < -0.39 is 15.8 Å². The third kappa shape index (κ3) is 4.46. The van der Waals surface area contributed by atoms with Crippen molar-refractivity contribution in [3.63, 3.8) is 0 Å². The molecule has 0 bridgehead atoms. The van der Waals surface area contributed by atoms with Gasteiger partial charge in [-0.2, -0.15) is 4.99 Å². The molecule has 0 radical (unpaired) electrons. The van der Waals surface area contributed by atoms with Gasteiger partial charge in [-0.15, -0.1) is 0 Å². The lowest BCUT2D eigenvalue weighted by Gasteiger charge is -2.02. The van der Waals surface area contributed by atoms with Crippen LogP contribution in [-0.2, 0) is 32.8 Å². The summed E-state index contributed by atoms with van der Waals surface area (Å²) in [6, 6.07) is 11.4. The molecule has 9 heteroatoms. The molecule has 0 saturated heterocycles. The third-order valence-corrected chi connectivity index (χ3v) is 7.31. The van der Waals surface area contributed by atoms with Crippen LogP contribution in [0.4, 0.5) is 0 Å². The SMILES string of the molecule is CCS(=O)(=O)c1ccc(CC(=O)N=c2sc3cc(C(=O)OC)ccc3n2C)cc1. The van der Waals surface area contributed by atoms with Gasteiger partial charge in [0.05, 0.1) is 40.0 Å². The molecule has 7 nitrogen and oxygen atoms in total. The number of aromatic nitrogens is 1. The molecule has 0 unspecified atom stereocenters. The van der Waals surface area contributed by atoms with Gasteiger partial charge in [0, 0.05) is 7.05 Å². The Morgan fingerprint density at radius 1 is 1.14 bits per heavy atom. The topological polar surface area (TPSA) is 94.8 Å². The number of benzene rings is 2. The largest absolute Gasteiger partial charge is 0.465 e. The Bertz CT molecular complexity index is 1250. The number of carbonyl (C=O) groups is 2. The van der Waals surface area contributed by atoms with Gasteiger partial charge in [-0.3, -0.25) is 4.79 Å². The van der Waals surface area contributed by atoms with E-state index in [4.69, 9.17) is 4.74 Å². The van der Waals surface area contributed by atoms with E-state index in [-0.39, 0.29) is 23.0 Å². The van der Waals surface area contributed by atoms with Crippen LogP contribution in [0.15, 0.2) is 52.4 Å². The minimum atomic E-state index is -3.27. The zero-order valence-corrected chi connectivity index (χ0v) is 17.8. The van der Waals surface area contributed by atoms with Gasteiger partial charge in [-0.1, -0.05) is 30.4 Å². The molecule has 3 rings (SSSR count). The predicted octanol–water partition coefficient (Wildman–Crippen LogP) is 2.49. The van der Waals surface area contributed by atoms with Crippen molar-refractivity contribution in [1.29, 1.82) is 0 Å². The molecule has 0 N–H and O–H groups in total. The molecule has 0 fully saturated rings. The number of aryl methyl sites for hydroxylation is 1. The highest BCUT2D eigenvalue weighted by Gasteiger charge is 2.13. The quantitative estimate of drug-likeness (QED) is 0.577. The third-order valence-electron chi connectivity index (χ3n) is 4.47. The second kappa shape index (κ2) is 8.30. The summed E-state index contributed by atoms with van der Waals surface area (Å²) >= 11 is 1.30. The van der Waals surface area contributed by atoms with Gasteiger partial charge < -0.3 is 9.30 Å². The Morgan fingerprint density at radius 3 is 2.45 bits per heavy atom. The average molecular weight is 433 g/mol. The lowest BCUT2D eigenvalue weighted by atomic mass is 10.1. The molecule has 1 amide bonds. The van der Waals surface area contributed by atoms with E-state index >= 15 is 0 Å². The van der Waals surface area contributed by atoms with E-state index in [1.807, 2.05) is 0 Å². The van der Waals surface area contributed by atoms with Crippen molar-refractivity contribution >= 4 is 43.3 Å². The first-order chi connectivity index (χ1) is 13.7. The van der Waals surface area contributed by atoms with Gasteiger partial charge in [-0.25, -0.2) is 13.2 Å². The molecule has 0 aliphatic carbocycles. The number of fused-ring (bicyclic) bond motifs is 1. The zero-order chi connectivity index (χ0) is 21.2. The number of sulfone groups is 1. The molecule has 0 saturated carbocycles. The molecule has 0 aliphatic heterocycles. The fourth-order valence-electron chi connectivity index (χ4n) is 2.79. The maximum atomic E-state index is 12.4. The molecule has 1 heterocycles. The summed E-state index contributed by atoms with van der Waals surface area (Å²) in [6.45, 7) is 1.59. The highest BCUT2D eigenvalue weighted by Crippen LogP contribution is 2.19. The number of rotatable bonds is 5. The fourth-order valence-corrected chi connectivity index (χ4v) is 4.75. The number of nitrogens with zero attached hydrogens (tertiary/aromatic N) is 2. The van der Waals surface area contributed by atoms with E-state index in [1.165, 1.54) is 30.6 Å². The lowest BCUT2D eigenvalue weighted by Crippen LogP contribution is -2.14. The molecule has 1 aromatic heterocycles. The molecule has 0 atom stereocenters. The molecule has 2 aromatic carbocycles. The zero-order valence-electron chi connectivity index (χ0n) is 16.2. The first kappa shape index (κ1) is 20.9. The Kier molecular flexibility index (Phi) is 5.99. The highest BCUT2D eigenvalue weighted by molar-refractivity contribution is 7.91. The summed E-state index contributed by atoms with van der Waals surface area (Å²) in [5, 5.41) is 0. The molecule has 29 heavy (non-hydrogen) atoms. The Hall–Kier alpha value is -2.78. The molecular formula is C20H20N2O5S2. The number of esters is 1. The van der Waals surface area contributed by atoms with Crippen molar-refractivity contribution in [2.24, 2.45) is 12.0 Å². The second-order valence-electron chi connectivity index (χ2n) is 6.35. The Morgan fingerprint density at radius 2 is 1.83 bits per heavy atom. The average Bonchev–Trinajstić information content (AvgIpc) is 3.02. The predicted molar refractivity (Wildman–Crippen MR) is 111 cm³/mol. The number of methoxy groups -OCH3 is 1. The van der Waals surface area contributed by atoms with Crippen LogP contribution in [-0.4, -0.2) is 37.7 Å². The number of hydrogen-bond donors (Lipinski definition) is 0. The Balaban J connectivity index is 1.86. The summed E-state index contributed by atoms with van der Waals surface area (Å²) in [4.78, 5) is 29.0. The van der Waals surface area contributed by atoms with Crippen LogP contribution in [0, 0.1) is 0 Å². The lowest BCUT2D eigenvalue weighted by molar-refractivity contribution is -0.117. The van der Waals surface area contributed by atoms with E-state index in [9.17, 15) is 18.0 Å². The van der Waals surface area contributed by atoms with Crippen molar-refractivity contribution in [2.45, 2.75) is 18.2 Å². The van der Waals surface area contributed by atoms with E-state index in [0.717, 1.165) is 10.2 Å².